The maximum absolute atomic E-state index is 10.5. The maximum atomic E-state index is 10.5. The average molecular weight is 380 g/mol. The standard InChI is InChI=1S/C17H22BrN3O2/c1-17(22,15-9-6-10-23-15)12-20-16(19-2)21(3)11-13-7-4-5-8-14(13)18/h4-10,22H,11-12H2,1-3H3,(H,19,20). The first-order valence-electron chi connectivity index (χ1n) is 7.35. The summed E-state index contributed by atoms with van der Waals surface area (Å²) in [5, 5.41) is 13.7. The van der Waals surface area contributed by atoms with Crippen molar-refractivity contribution < 1.29 is 9.52 Å². The molecule has 0 saturated carbocycles. The van der Waals surface area contributed by atoms with Crippen LogP contribution in [0, 0.1) is 0 Å². The molecule has 1 heterocycles. The number of halogens is 1. The summed E-state index contributed by atoms with van der Waals surface area (Å²) in [5.41, 5.74) is 0.0592. The molecule has 6 heteroatoms. The van der Waals surface area contributed by atoms with Gasteiger partial charge in [0, 0.05) is 25.1 Å². The summed E-state index contributed by atoms with van der Waals surface area (Å²) in [4.78, 5) is 6.27. The molecular weight excluding hydrogens is 358 g/mol. The van der Waals surface area contributed by atoms with E-state index in [1.807, 2.05) is 30.1 Å². The van der Waals surface area contributed by atoms with Crippen LogP contribution in [0.1, 0.15) is 18.2 Å². The van der Waals surface area contributed by atoms with Crippen molar-refractivity contribution in [2.45, 2.75) is 19.1 Å². The van der Waals surface area contributed by atoms with Gasteiger partial charge in [0.1, 0.15) is 11.4 Å². The van der Waals surface area contributed by atoms with Crippen LogP contribution in [0.5, 0.6) is 0 Å². The molecule has 124 valence electrons. The fraction of sp³-hybridized carbons (Fsp3) is 0.353. The lowest BCUT2D eigenvalue weighted by molar-refractivity contribution is 0.0381. The molecule has 0 fully saturated rings. The maximum Gasteiger partial charge on any atom is 0.193 e. The number of nitrogens with zero attached hydrogens (tertiary/aromatic N) is 2. The highest BCUT2D eigenvalue weighted by Gasteiger charge is 2.26. The second-order valence-corrected chi connectivity index (χ2v) is 6.45. The average Bonchev–Trinajstić information content (AvgIpc) is 3.05. The second-order valence-electron chi connectivity index (χ2n) is 5.60. The lowest BCUT2D eigenvalue weighted by Gasteiger charge is -2.27. The Labute approximate surface area is 145 Å². The first-order chi connectivity index (χ1) is 10.9. The van der Waals surface area contributed by atoms with Crippen molar-refractivity contribution >= 4 is 21.9 Å². The summed E-state index contributed by atoms with van der Waals surface area (Å²) in [5.74, 6) is 1.22. The molecule has 0 spiro atoms. The summed E-state index contributed by atoms with van der Waals surface area (Å²) in [7, 11) is 3.68. The molecule has 1 aromatic heterocycles. The van der Waals surface area contributed by atoms with E-state index in [1.165, 1.54) is 0 Å². The van der Waals surface area contributed by atoms with Crippen LogP contribution in [0.3, 0.4) is 0 Å². The minimum absolute atomic E-state index is 0.299. The predicted octanol–water partition coefficient (Wildman–Crippen LogP) is 2.96. The number of furan rings is 1. The highest BCUT2D eigenvalue weighted by atomic mass is 79.9. The molecule has 0 aliphatic carbocycles. The zero-order valence-corrected chi connectivity index (χ0v) is 15.2. The fourth-order valence-electron chi connectivity index (χ4n) is 2.27. The van der Waals surface area contributed by atoms with Gasteiger partial charge in [-0.3, -0.25) is 4.99 Å². The number of rotatable bonds is 5. The molecular formula is C17H22BrN3O2. The van der Waals surface area contributed by atoms with Gasteiger partial charge in [0.15, 0.2) is 5.96 Å². The van der Waals surface area contributed by atoms with E-state index in [0.29, 0.717) is 24.8 Å². The van der Waals surface area contributed by atoms with Gasteiger partial charge in [-0.1, -0.05) is 34.1 Å². The molecule has 0 amide bonds. The molecule has 0 aliphatic rings. The molecule has 0 radical (unpaired) electrons. The summed E-state index contributed by atoms with van der Waals surface area (Å²) >= 11 is 3.55. The Morgan fingerprint density at radius 1 is 1.35 bits per heavy atom. The number of benzene rings is 1. The minimum Gasteiger partial charge on any atom is -0.466 e. The zero-order valence-electron chi connectivity index (χ0n) is 13.6. The Bertz CT molecular complexity index is 654. The topological polar surface area (TPSA) is 61.0 Å². The van der Waals surface area contributed by atoms with Crippen LogP contribution >= 0.6 is 15.9 Å². The molecule has 2 N–H and O–H groups in total. The van der Waals surface area contributed by atoms with Crippen molar-refractivity contribution in [3.05, 3.63) is 58.5 Å². The molecule has 5 nitrogen and oxygen atoms in total. The SMILES string of the molecule is CN=C(NCC(C)(O)c1ccco1)N(C)Cc1ccccc1Br. The van der Waals surface area contributed by atoms with Gasteiger partial charge < -0.3 is 19.7 Å². The molecule has 1 aromatic carbocycles. The van der Waals surface area contributed by atoms with Crippen molar-refractivity contribution in [1.82, 2.24) is 10.2 Å². The highest BCUT2D eigenvalue weighted by molar-refractivity contribution is 9.10. The van der Waals surface area contributed by atoms with Crippen molar-refractivity contribution in [2.24, 2.45) is 4.99 Å². The third kappa shape index (κ3) is 4.59. The van der Waals surface area contributed by atoms with Gasteiger partial charge in [0.2, 0.25) is 0 Å². The summed E-state index contributed by atoms with van der Waals surface area (Å²) in [6, 6.07) is 11.6. The molecule has 1 unspecified atom stereocenters. The van der Waals surface area contributed by atoms with E-state index >= 15 is 0 Å². The molecule has 0 aliphatic heterocycles. The fourth-order valence-corrected chi connectivity index (χ4v) is 2.68. The number of aliphatic imine (C=N–C) groups is 1. The minimum atomic E-state index is -1.10. The molecule has 23 heavy (non-hydrogen) atoms. The highest BCUT2D eigenvalue weighted by Crippen LogP contribution is 2.20. The Kier molecular flexibility index (Phi) is 5.85. The molecule has 1 atom stereocenters. The largest absolute Gasteiger partial charge is 0.466 e. The van der Waals surface area contributed by atoms with Crippen LogP contribution in [0.2, 0.25) is 0 Å². The third-order valence-electron chi connectivity index (χ3n) is 3.58. The van der Waals surface area contributed by atoms with Crippen molar-refractivity contribution in [1.29, 1.82) is 0 Å². The van der Waals surface area contributed by atoms with E-state index in [-0.39, 0.29) is 0 Å². The third-order valence-corrected chi connectivity index (χ3v) is 4.36. The van der Waals surface area contributed by atoms with Crippen LogP contribution in [0.15, 0.2) is 56.5 Å². The number of nitrogens with one attached hydrogen (secondary N) is 1. The van der Waals surface area contributed by atoms with Crippen LogP contribution in [-0.2, 0) is 12.1 Å². The Morgan fingerprint density at radius 3 is 2.70 bits per heavy atom. The van der Waals surface area contributed by atoms with E-state index in [1.54, 1.807) is 32.4 Å². The summed E-state index contributed by atoms with van der Waals surface area (Å²) in [6.45, 7) is 2.71. The van der Waals surface area contributed by atoms with Crippen molar-refractivity contribution in [3.63, 3.8) is 0 Å². The van der Waals surface area contributed by atoms with E-state index in [0.717, 1.165) is 10.0 Å². The predicted molar refractivity (Wildman–Crippen MR) is 95.2 cm³/mol. The van der Waals surface area contributed by atoms with Gasteiger partial charge >= 0.3 is 0 Å². The number of hydrogen-bond donors (Lipinski definition) is 2. The molecule has 2 rings (SSSR count). The number of aliphatic hydroxyl groups is 1. The van der Waals surface area contributed by atoms with Crippen molar-refractivity contribution in [3.8, 4) is 0 Å². The normalized spacial score (nSPS) is 14.4. The lowest BCUT2D eigenvalue weighted by Crippen LogP contribution is -2.44. The Balaban J connectivity index is 1.99. The smallest absolute Gasteiger partial charge is 0.193 e. The molecule has 0 bridgehead atoms. The van der Waals surface area contributed by atoms with Crippen LogP contribution in [-0.4, -0.2) is 36.6 Å². The monoisotopic (exact) mass is 379 g/mol. The van der Waals surface area contributed by atoms with Gasteiger partial charge in [0.25, 0.3) is 0 Å². The lowest BCUT2D eigenvalue weighted by atomic mass is 10.0. The quantitative estimate of drug-likeness (QED) is 0.619. The van der Waals surface area contributed by atoms with Gasteiger partial charge in [-0.2, -0.15) is 0 Å². The Morgan fingerprint density at radius 2 is 2.09 bits per heavy atom. The van der Waals surface area contributed by atoms with Crippen LogP contribution in [0.25, 0.3) is 0 Å². The van der Waals surface area contributed by atoms with Gasteiger partial charge in [0.05, 0.1) is 12.8 Å². The van der Waals surface area contributed by atoms with Crippen LogP contribution < -0.4 is 5.32 Å². The summed E-state index contributed by atoms with van der Waals surface area (Å²) in [6.07, 6.45) is 1.55. The first kappa shape index (κ1) is 17.6. The van der Waals surface area contributed by atoms with Gasteiger partial charge in [-0.15, -0.1) is 0 Å². The van der Waals surface area contributed by atoms with E-state index < -0.39 is 5.60 Å². The second kappa shape index (κ2) is 7.66. The first-order valence-corrected chi connectivity index (χ1v) is 8.15. The van der Waals surface area contributed by atoms with Gasteiger partial charge in [-0.25, -0.2) is 0 Å². The molecule has 0 saturated heterocycles. The van der Waals surface area contributed by atoms with E-state index in [9.17, 15) is 5.11 Å². The molecule has 2 aromatic rings. The zero-order chi connectivity index (χ0) is 16.9. The van der Waals surface area contributed by atoms with Crippen molar-refractivity contribution in [2.75, 3.05) is 20.6 Å². The summed E-state index contributed by atoms with van der Waals surface area (Å²) < 4.78 is 6.35. The Hall–Kier alpha value is -1.79. The number of guanidine groups is 1. The number of hydrogen-bond acceptors (Lipinski definition) is 3. The van der Waals surface area contributed by atoms with E-state index in [4.69, 9.17) is 4.42 Å². The van der Waals surface area contributed by atoms with E-state index in [2.05, 4.69) is 32.3 Å². The van der Waals surface area contributed by atoms with Gasteiger partial charge in [-0.05, 0) is 30.7 Å². The van der Waals surface area contributed by atoms with Crippen LogP contribution in [0.4, 0.5) is 0 Å².